The first-order chi connectivity index (χ1) is 16.2. The summed E-state index contributed by atoms with van der Waals surface area (Å²) in [7, 11) is 0. The number of anilines is 1. The number of carbonyl (C=O) groups excluding carboxylic acids is 1. The van der Waals surface area contributed by atoms with Crippen molar-refractivity contribution in [3.63, 3.8) is 0 Å². The van der Waals surface area contributed by atoms with Crippen molar-refractivity contribution in [2.45, 2.75) is 56.3 Å². The number of piperazine rings is 1. The lowest BCUT2D eigenvalue weighted by atomic mass is 9.86. The van der Waals surface area contributed by atoms with E-state index in [2.05, 4.69) is 28.0 Å². The largest absolute Gasteiger partial charge is 0.445 e. The molecule has 0 saturated carbocycles. The molecule has 3 aliphatic heterocycles. The van der Waals surface area contributed by atoms with Crippen LogP contribution < -0.4 is 4.90 Å². The van der Waals surface area contributed by atoms with E-state index in [1.165, 1.54) is 23.2 Å². The van der Waals surface area contributed by atoms with Gasteiger partial charge in [0, 0.05) is 44.0 Å². The summed E-state index contributed by atoms with van der Waals surface area (Å²) in [5.41, 5.74) is 5.02. The Morgan fingerprint density at radius 2 is 1.85 bits per heavy atom. The molecule has 33 heavy (non-hydrogen) atoms. The van der Waals surface area contributed by atoms with Gasteiger partial charge in [0.15, 0.2) is 0 Å². The molecule has 3 saturated heterocycles. The van der Waals surface area contributed by atoms with Gasteiger partial charge in [-0.15, -0.1) is 0 Å². The molecule has 2 aromatic rings. The van der Waals surface area contributed by atoms with Crippen LogP contribution in [-0.4, -0.2) is 60.8 Å². The second-order valence-electron chi connectivity index (χ2n) is 10.0. The van der Waals surface area contributed by atoms with Crippen molar-refractivity contribution in [1.82, 2.24) is 9.80 Å². The van der Waals surface area contributed by atoms with Gasteiger partial charge in [0.2, 0.25) is 0 Å². The average molecular weight is 450 g/mol. The van der Waals surface area contributed by atoms with E-state index in [0.717, 1.165) is 44.6 Å². The number of rotatable bonds is 6. The molecular weight excluding hydrogens is 417 g/mol. The zero-order valence-electron chi connectivity index (χ0n) is 19.0. The Morgan fingerprint density at radius 3 is 2.64 bits per heavy atom. The Kier molecular flexibility index (Phi) is 5.49. The minimum absolute atomic E-state index is 0.115. The molecule has 6 rings (SSSR count). The molecule has 0 aromatic heterocycles. The Labute approximate surface area is 195 Å². The number of ether oxygens (including phenoxy) is 1. The van der Waals surface area contributed by atoms with Gasteiger partial charge in [-0.1, -0.05) is 36.4 Å². The van der Waals surface area contributed by atoms with Crippen LogP contribution in [0.5, 0.6) is 0 Å². The molecule has 6 heteroatoms. The number of nitrogens with zero attached hydrogens (tertiary/aromatic N) is 3. The topological polar surface area (TPSA) is 36.0 Å². The van der Waals surface area contributed by atoms with Crippen LogP contribution >= 0.6 is 0 Å². The highest BCUT2D eigenvalue weighted by Gasteiger charge is 2.46. The third kappa shape index (κ3) is 3.78. The second-order valence-corrected chi connectivity index (χ2v) is 10.0. The van der Waals surface area contributed by atoms with E-state index in [1.54, 1.807) is 0 Å². The first-order valence-electron chi connectivity index (χ1n) is 12.4. The number of benzene rings is 2. The van der Waals surface area contributed by atoms with Gasteiger partial charge in [0.1, 0.15) is 6.61 Å². The fourth-order valence-corrected chi connectivity index (χ4v) is 6.53. The third-order valence-corrected chi connectivity index (χ3v) is 8.09. The Bertz CT molecular complexity index is 1000. The van der Waals surface area contributed by atoms with Crippen molar-refractivity contribution in [2.24, 2.45) is 0 Å². The zero-order chi connectivity index (χ0) is 22.4. The van der Waals surface area contributed by atoms with Crippen molar-refractivity contribution < 1.29 is 13.9 Å². The Balaban J connectivity index is 1.16. The van der Waals surface area contributed by atoms with Crippen molar-refractivity contribution in [1.29, 1.82) is 0 Å². The Morgan fingerprint density at radius 1 is 1.03 bits per heavy atom. The predicted octanol–water partition coefficient (Wildman–Crippen LogP) is 4.88. The molecule has 2 aromatic carbocycles. The van der Waals surface area contributed by atoms with Gasteiger partial charge in [-0.3, -0.25) is 9.29 Å². The van der Waals surface area contributed by atoms with Crippen LogP contribution in [0.3, 0.4) is 0 Å². The number of halogens is 1. The summed E-state index contributed by atoms with van der Waals surface area (Å²) in [6, 6.07) is 18.0. The number of alkyl halides is 1. The summed E-state index contributed by atoms with van der Waals surface area (Å²) in [6.07, 6.45) is 3.67. The van der Waals surface area contributed by atoms with E-state index in [9.17, 15) is 9.18 Å². The number of hydrogen-bond acceptors (Lipinski definition) is 4. The smallest absolute Gasteiger partial charge is 0.410 e. The van der Waals surface area contributed by atoms with Crippen molar-refractivity contribution in [3.05, 3.63) is 65.2 Å². The van der Waals surface area contributed by atoms with Crippen LogP contribution in [0.4, 0.5) is 14.9 Å². The summed E-state index contributed by atoms with van der Waals surface area (Å²) in [5.74, 6) is 0.546. The van der Waals surface area contributed by atoms with Gasteiger partial charge < -0.3 is 14.5 Å². The summed E-state index contributed by atoms with van der Waals surface area (Å²) < 4.78 is 18.3. The number of likely N-dealkylation sites (tertiary alicyclic amines) is 2. The number of hydrogen-bond donors (Lipinski definition) is 0. The molecule has 174 valence electrons. The van der Waals surface area contributed by atoms with E-state index in [0.29, 0.717) is 31.0 Å². The van der Waals surface area contributed by atoms with Gasteiger partial charge >= 0.3 is 6.09 Å². The van der Waals surface area contributed by atoms with Crippen LogP contribution in [-0.2, 0) is 11.3 Å². The fourth-order valence-electron chi connectivity index (χ4n) is 6.53. The minimum Gasteiger partial charge on any atom is -0.445 e. The van der Waals surface area contributed by atoms with Crippen LogP contribution in [0, 0.1) is 0 Å². The van der Waals surface area contributed by atoms with E-state index in [4.69, 9.17) is 4.74 Å². The summed E-state index contributed by atoms with van der Waals surface area (Å²) in [6.45, 7) is 3.76. The molecule has 0 radical (unpaired) electrons. The maximum atomic E-state index is 13.0. The van der Waals surface area contributed by atoms with Crippen LogP contribution in [0.1, 0.15) is 54.3 Å². The molecule has 4 bridgehead atoms. The lowest BCUT2D eigenvalue weighted by molar-refractivity contribution is 0.0694. The average Bonchev–Trinajstić information content (AvgIpc) is 3.13. The number of piperidine rings is 2. The van der Waals surface area contributed by atoms with Crippen molar-refractivity contribution >= 4 is 11.8 Å². The highest BCUT2D eigenvalue weighted by atomic mass is 19.1. The Hall–Kier alpha value is -2.60. The molecular formula is C27H32FN3O2. The van der Waals surface area contributed by atoms with Gasteiger partial charge in [-0.05, 0) is 60.4 Å². The molecule has 4 aliphatic rings. The fraction of sp³-hybridized carbons (Fsp3) is 0.519. The van der Waals surface area contributed by atoms with Gasteiger partial charge in [-0.2, -0.15) is 0 Å². The van der Waals surface area contributed by atoms with Crippen molar-refractivity contribution in [2.75, 3.05) is 37.8 Å². The molecule has 2 unspecified atom stereocenters. The molecule has 5 nitrogen and oxygen atoms in total. The van der Waals surface area contributed by atoms with Crippen LogP contribution in [0.15, 0.2) is 48.5 Å². The van der Waals surface area contributed by atoms with Gasteiger partial charge in [0.05, 0.1) is 12.7 Å². The molecule has 0 spiro atoms. The number of carbonyl (C=O) groups is 1. The maximum Gasteiger partial charge on any atom is 0.410 e. The van der Waals surface area contributed by atoms with Crippen molar-refractivity contribution in [3.8, 4) is 0 Å². The monoisotopic (exact) mass is 449 g/mol. The van der Waals surface area contributed by atoms with Crippen LogP contribution in [0.25, 0.3) is 0 Å². The van der Waals surface area contributed by atoms with Crippen LogP contribution in [0.2, 0.25) is 0 Å². The summed E-state index contributed by atoms with van der Waals surface area (Å²) in [4.78, 5) is 19.9. The quantitative estimate of drug-likeness (QED) is 0.630. The highest BCUT2D eigenvalue weighted by molar-refractivity contribution is 5.70. The molecule has 3 fully saturated rings. The van der Waals surface area contributed by atoms with E-state index >= 15 is 0 Å². The standard InChI is InChI=1S/C27H32FN3O2/c28-10-4-11-29-16-22-14-23(17-29)31(22)21-7-8-24-20-9-12-30(26(13-20)25(24)15-21)27(32)33-18-19-5-2-1-3-6-19/h1-3,5-8,15,20,22-23,26H,4,9-14,16-18H2/t20-,22?,23?,26+/m1/s1. The molecule has 1 amide bonds. The zero-order valence-corrected chi connectivity index (χ0v) is 19.0. The first kappa shape index (κ1) is 21.0. The van der Waals surface area contributed by atoms with Gasteiger partial charge in [-0.25, -0.2) is 4.79 Å². The number of fused-ring (bicyclic) bond motifs is 7. The van der Waals surface area contributed by atoms with E-state index in [1.807, 2.05) is 35.2 Å². The summed E-state index contributed by atoms with van der Waals surface area (Å²) >= 11 is 0. The van der Waals surface area contributed by atoms with Gasteiger partial charge in [0.25, 0.3) is 0 Å². The first-order valence-corrected chi connectivity index (χ1v) is 12.4. The predicted molar refractivity (Wildman–Crippen MR) is 126 cm³/mol. The number of amides is 1. The maximum absolute atomic E-state index is 13.0. The molecule has 3 heterocycles. The normalized spacial score (nSPS) is 27.8. The van der Waals surface area contributed by atoms with E-state index in [-0.39, 0.29) is 18.8 Å². The summed E-state index contributed by atoms with van der Waals surface area (Å²) in [5, 5.41) is 0. The molecule has 0 N–H and O–H groups in total. The lowest BCUT2D eigenvalue weighted by Gasteiger charge is -2.58. The minimum atomic E-state index is -0.229. The highest BCUT2D eigenvalue weighted by Crippen LogP contribution is 2.51. The lowest BCUT2D eigenvalue weighted by Crippen LogP contribution is -2.69. The van der Waals surface area contributed by atoms with E-state index < -0.39 is 0 Å². The molecule has 1 aliphatic carbocycles. The molecule has 4 atom stereocenters. The second kappa shape index (κ2) is 8.64. The SMILES string of the molecule is O=C(OCc1ccccc1)N1CC[C@@H]2C[C@H]1c1cc(N3C4CC3CN(CCCF)C4)ccc12. The third-order valence-electron chi connectivity index (χ3n) is 8.09.